The number of carbonyl (C=O) groups excluding carboxylic acids is 1. The number of hydrogen-bond acceptors (Lipinski definition) is 5. The summed E-state index contributed by atoms with van der Waals surface area (Å²) in [5, 5.41) is 2.66. The molecule has 3 rings (SSSR count). The number of rotatable bonds is 4. The molecule has 0 bridgehead atoms. The van der Waals surface area contributed by atoms with E-state index < -0.39 is 11.9 Å². The van der Waals surface area contributed by atoms with E-state index >= 15 is 0 Å². The van der Waals surface area contributed by atoms with Crippen LogP contribution in [0.15, 0.2) is 54.7 Å². The molecule has 0 aliphatic heterocycles. The lowest BCUT2D eigenvalue weighted by molar-refractivity contribution is -0.141. The van der Waals surface area contributed by atoms with Crippen LogP contribution in [0.3, 0.4) is 0 Å². The molecule has 0 aliphatic rings. The zero-order valence-corrected chi connectivity index (χ0v) is 14.0. The Morgan fingerprint density at radius 3 is 2.44 bits per heavy atom. The highest BCUT2D eigenvalue weighted by Crippen LogP contribution is 2.30. The van der Waals surface area contributed by atoms with E-state index in [4.69, 9.17) is 4.74 Å². The van der Waals surface area contributed by atoms with Crippen molar-refractivity contribution < 1.29 is 22.7 Å². The predicted molar refractivity (Wildman–Crippen MR) is 90.5 cm³/mol. The summed E-state index contributed by atoms with van der Waals surface area (Å²) in [5.74, 6) is -0.401. The van der Waals surface area contributed by atoms with Gasteiger partial charge in [-0.05, 0) is 43.3 Å². The van der Waals surface area contributed by atoms with Gasteiger partial charge in [-0.15, -0.1) is 0 Å². The van der Waals surface area contributed by atoms with Crippen LogP contribution in [0.5, 0.6) is 11.6 Å². The molecule has 0 spiro atoms. The quantitative estimate of drug-likeness (QED) is 0.739. The highest BCUT2D eigenvalue weighted by Gasteiger charge is 2.33. The minimum absolute atomic E-state index is 0.0564. The second kappa shape index (κ2) is 7.40. The highest BCUT2D eigenvalue weighted by molar-refractivity contribution is 6.02. The van der Waals surface area contributed by atoms with Gasteiger partial charge in [0.25, 0.3) is 5.91 Å². The number of ether oxygens (including phenoxy) is 1. The molecule has 0 saturated heterocycles. The van der Waals surface area contributed by atoms with E-state index in [0.717, 1.165) is 6.07 Å². The first kappa shape index (κ1) is 18.3. The minimum Gasteiger partial charge on any atom is -0.439 e. The molecule has 138 valence electrons. The van der Waals surface area contributed by atoms with Crippen molar-refractivity contribution in [3.05, 3.63) is 71.9 Å². The largest absolute Gasteiger partial charge is 0.439 e. The molecule has 2 heterocycles. The molecule has 0 radical (unpaired) electrons. The van der Waals surface area contributed by atoms with E-state index in [-0.39, 0.29) is 29.1 Å². The van der Waals surface area contributed by atoms with Gasteiger partial charge >= 0.3 is 6.18 Å². The molecule has 27 heavy (non-hydrogen) atoms. The number of nitrogens with one attached hydrogen (secondary N) is 1. The van der Waals surface area contributed by atoms with Gasteiger partial charge in [-0.3, -0.25) is 9.78 Å². The maximum Gasteiger partial charge on any atom is 0.433 e. The average molecular weight is 374 g/mol. The van der Waals surface area contributed by atoms with Crippen molar-refractivity contribution in [2.24, 2.45) is 0 Å². The molecule has 1 amide bonds. The Hall–Kier alpha value is -3.49. The normalized spacial score (nSPS) is 11.1. The maximum absolute atomic E-state index is 12.8. The Morgan fingerprint density at radius 2 is 1.81 bits per heavy atom. The molecule has 1 aromatic carbocycles. The summed E-state index contributed by atoms with van der Waals surface area (Å²) in [7, 11) is 0. The maximum atomic E-state index is 12.8. The average Bonchev–Trinajstić information content (AvgIpc) is 2.63. The van der Waals surface area contributed by atoms with E-state index in [0.29, 0.717) is 5.69 Å². The SMILES string of the molecule is Cc1nc(Oc2ccc(NC(=O)c3ccccn3)cc2)cc(C(F)(F)F)n1. The summed E-state index contributed by atoms with van der Waals surface area (Å²) in [4.78, 5) is 23.2. The molecule has 0 aliphatic carbocycles. The van der Waals surface area contributed by atoms with Gasteiger partial charge in [0.2, 0.25) is 5.88 Å². The molecule has 0 saturated carbocycles. The predicted octanol–water partition coefficient (Wildman–Crippen LogP) is 4.24. The number of aryl methyl sites for hydroxylation is 1. The molecular weight excluding hydrogens is 361 g/mol. The van der Waals surface area contributed by atoms with Crippen molar-refractivity contribution >= 4 is 11.6 Å². The molecule has 0 atom stereocenters. The van der Waals surface area contributed by atoms with Crippen molar-refractivity contribution in [1.82, 2.24) is 15.0 Å². The molecular formula is C18H13F3N4O2. The number of hydrogen-bond donors (Lipinski definition) is 1. The summed E-state index contributed by atoms with van der Waals surface area (Å²) in [6, 6.07) is 11.8. The third-order valence-corrected chi connectivity index (χ3v) is 3.34. The van der Waals surface area contributed by atoms with Crippen LogP contribution in [0.4, 0.5) is 18.9 Å². The van der Waals surface area contributed by atoms with Gasteiger partial charge in [-0.2, -0.15) is 18.2 Å². The number of nitrogens with zero attached hydrogens (tertiary/aromatic N) is 3. The Bertz CT molecular complexity index is 945. The molecule has 9 heteroatoms. The van der Waals surface area contributed by atoms with Crippen molar-refractivity contribution in [1.29, 1.82) is 0 Å². The van der Waals surface area contributed by atoms with Crippen molar-refractivity contribution in [3.63, 3.8) is 0 Å². The molecule has 2 aromatic heterocycles. The zero-order chi connectivity index (χ0) is 19.4. The van der Waals surface area contributed by atoms with Gasteiger partial charge in [0.15, 0.2) is 5.69 Å². The summed E-state index contributed by atoms with van der Waals surface area (Å²) in [5.41, 5.74) is -0.342. The van der Waals surface area contributed by atoms with Gasteiger partial charge in [-0.25, -0.2) is 4.98 Å². The Balaban J connectivity index is 1.71. The lowest BCUT2D eigenvalue weighted by atomic mass is 10.2. The summed E-state index contributed by atoms with van der Waals surface area (Å²) < 4.78 is 43.8. The Kier molecular flexibility index (Phi) is 5.02. The number of halogens is 3. The van der Waals surface area contributed by atoms with Gasteiger partial charge in [0, 0.05) is 18.0 Å². The van der Waals surface area contributed by atoms with Crippen LogP contribution >= 0.6 is 0 Å². The molecule has 0 unspecified atom stereocenters. The van der Waals surface area contributed by atoms with Crippen LogP contribution < -0.4 is 10.1 Å². The first-order chi connectivity index (χ1) is 12.8. The van der Waals surface area contributed by atoms with Crippen LogP contribution in [-0.2, 0) is 6.18 Å². The molecule has 0 fully saturated rings. The second-order valence-corrected chi connectivity index (χ2v) is 5.43. The van der Waals surface area contributed by atoms with Gasteiger partial charge in [0.05, 0.1) is 0 Å². The van der Waals surface area contributed by atoms with Gasteiger partial charge < -0.3 is 10.1 Å². The summed E-state index contributed by atoms with van der Waals surface area (Å²) in [6.45, 7) is 1.35. The van der Waals surface area contributed by atoms with Crippen molar-refractivity contribution in [2.75, 3.05) is 5.32 Å². The van der Waals surface area contributed by atoms with Gasteiger partial charge in [0.1, 0.15) is 17.3 Å². The fraction of sp³-hybridized carbons (Fsp3) is 0.111. The number of amides is 1. The van der Waals surface area contributed by atoms with Crippen molar-refractivity contribution in [3.8, 4) is 11.6 Å². The lowest BCUT2D eigenvalue weighted by Gasteiger charge is -2.10. The fourth-order valence-electron chi connectivity index (χ4n) is 2.16. The van der Waals surface area contributed by atoms with E-state index in [2.05, 4.69) is 20.3 Å². The van der Waals surface area contributed by atoms with Crippen LogP contribution in [0.1, 0.15) is 22.0 Å². The number of anilines is 1. The van der Waals surface area contributed by atoms with E-state index in [1.54, 1.807) is 30.3 Å². The van der Waals surface area contributed by atoms with Crippen LogP contribution in [0, 0.1) is 6.92 Å². The number of alkyl halides is 3. The summed E-state index contributed by atoms with van der Waals surface area (Å²) in [6.07, 6.45) is -3.09. The fourth-order valence-corrected chi connectivity index (χ4v) is 2.16. The molecule has 6 nitrogen and oxygen atoms in total. The first-order valence-electron chi connectivity index (χ1n) is 7.74. The summed E-state index contributed by atoms with van der Waals surface area (Å²) >= 11 is 0. The topological polar surface area (TPSA) is 77.0 Å². The third-order valence-electron chi connectivity index (χ3n) is 3.34. The number of carbonyl (C=O) groups is 1. The van der Waals surface area contributed by atoms with Gasteiger partial charge in [-0.1, -0.05) is 6.07 Å². The molecule has 1 N–H and O–H groups in total. The highest BCUT2D eigenvalue weighted by atomic mass is 19.4. The Labute approximate surface area is 152 Å². The Morgan fingerprint density at radius 1 is 1.07 bits per heavy atom. The number of benzene rings is 1. The second-order valence-electron chi connectivity index (χ2n) is 5.43. The zero-order valence-electron chi connectivity index (χ0n) is 14.0. The standard InChI is InChI=1S/C18H13F3N4O2/c1-11-23-15(18(19,20)21)10-16(24-11)27-13-7-5-12(6-8-13)25-17(26)14-4-2-3-9-22-14/h2-10H,1H3,(H,25,26). The smallest absolute Gasteiger partial charge is 0.433 e. The number of pyridine rings is 1. The van der Waals surface area contributed by atoms with E-state index in [1.165, 1.54) is 25.3 Å². The van der Waals surface area contributed by atoms with Crippen LogP contribution in [-0.4, -0.2) is 20.9 Å². The van der Waals surface area contributed by atoms with E-state index in [1.807, 2.05) is 0 Å². The first-order valence-corrected chi connectivity index (χ1v) is 7.74. The lowest BCUT2D eigenvalue weighted by Crippen LogP contribution is -2.13. The third kappa shape index (κ3) is 4.78. The number of aromatic nitrogens is 3. The monoisotopic (exact) mass is 374 g/mol. The molecule has 3 aromatic rings. The van der Waals surface area contributed by atoms with Crippen LogP contribution in [0.25, 0.3) is 0 Å². The van der Waals surface area contributed by atoms with E-state index in [9.17, 15) is 18.0 Å². The van der Waals surface area contributed by atoms with Crippen molar-refractivity contribution in [2.45, 2.75) is 13.1 Å². The van der Waals surface area contributed by atoms with Crippen LogP contribution in [0.2, 0.25) is 0 Å². The minimum atomic E-state index is -4.59.